The molecule has 1 aliphatic carbocycles. The molecule has 3 aromatic rings. The maximum Gasteiger partial charge on any atom is 0.490 e. The van der Waals surface area contributed by atoms with Crippen LogP contribution in [0.25, 0.3) is 0 Å². The van der Waals surface area contributed by atoms with Crippen molar-refractivity contribution in [2.45, 2.75) is 37.7 Å². The number of nitrogen functional groups attached to an aromatic ring is 1. The monoisotopic (exact) mass is 571 g/mol. The summed E-state index contributed by atoms with van der Waals surface area (Å²) in [6.45, 7) is 1.52. The number of amides is 2. The molecule has 1 saturated heterocycles. The second-order valence-corrected chi connectivity index (χ2v) is 9.39. The van der Waals surface area contributed by atoms with Crippen LogP contribution in [-0.2, 0) is 16.1 Å². The molecule has 2 unspecified atom stereocenters. The summed E-state index contributed by atoms with van der Waals surface area (Å²) in [5, 5.41) is 9.94. The van der Waals surface area contributed by atoms with Crippen molar-refractivity contribution < 1.29 is 37.4 Å². The minimum Gasteiger partial charge on any atom is -0.475 e. The second-order valence-electron chi connectivity index (χ2n) is 9.39. The van der Waals surface area contributed by atoms with Crippen LogP contribution in [-0.4, -0.2) is 64.3 Å². The smallest absolute Gasteiger partial charge is 0.475 e. The number of rotatable bonds is 5. The van der Waals surface area contributed by atoms with Gasteiger partial charge in [-0.3, -0.25) is 4.79 Å². The Balaban J connectivity index is 0.000000493. The molecule has 13 heteroatoms. The molecule has 2 atom stereocenters. The van der Waals surface area contributed by atoms with E-state index in [-0.39, 0.29) is 30.7 Å². The zero-order chi connectivity index (χ0) is 29.6. The van der Waals surface area contributed by atoms with Gasteiger partial charge in [-0.1, -0.05) is 42.5 Å². The Kier molecular flexibility index (Phi) is 8.95. The standard InChI is InChI=1S/C26H27N5O3.C2HF3O2/c27-20-8-4-5-9-21(20)29-25(32)19-10-13-24(28-16-19)30-14-15-31(23-12-11-22(23)30)26(33)34-17-18-6-2-1-3-7-18;3-2(4,5)1(6)7/h1-10,13,16,22-23H,11-12,14-15,17,27H2,(H,29,32);(H,6,7). The molecule has 41 heavy (non-hydrogen) atoms. The number of benzene rings is 2. The number of aromatic nitrogens is 1. The highest BCUT2D eigenvalue weighted by molar-refractivity contribution is 6.05. The molecule has 5 rings (SSSR count). The van der Waals surface area contributed by atoms with E-state index in [1.165, 1.54) is 0 Å². The van der Waals surface area contributed by atoms with Crippen molar-refractivity contribution in [2.24, 2.45) is 0 Å². The van der Waals surface area contributed by atoms with Crippen LogP contribution in [0.3, 0.4) is 0 Å². The van der Waals surface area contributed by atoms with E-state index >= 15 is 0 Å². The number of nitrogens with two attached hydrogens (primary N) is 1. The van der Waals surface area contributed by atoms with Crippen LogP contribution >= 0.6 is 0 Å². The third kappa shape index (κ3) is 7.24. The third-order valence-electron chi connectivity index (χ3n) is 6.78. The fourth-order valence-electron chi connectivity index (χ4n) is 4.55. The summed E-state index contributed by atoms with van der Waals surface area (Å²) in [6, 6.07) is 20.8. The molecule has 10 nitrogen and oxygen atoms in total. The predicted octanol–water partition coefficient (Wildman–Crippen LogP) is 4.54. The van der Waals surface area contributed by atoms with Gasteiger partial charge in [-0.15, -0.1) is 0 Å². The van der Waals surface area contributed by atoms with E-state index in [0.717, 1.165) is 24.2 Å². The predicted molar refractivity (Wildman–Crippen MR) is 144 cm³/mol. The summed E-state index contributed by atoms with van der Waals surface area (Å²) in [4.78, 5) is 42.8. The maximum atomic E-state index is 12.7. The Bertz CT molecular complexity index is 1370. The first-order chi connectivity index (χ1) is 19.5. The van der Waals surface area contributed by atoms with E-state index in [1.54, 1.807) is 24.4 Å². The number of anilines is 3. The summed E-state index contributed by atoms with van der Waals surface area (Å²) in [6.07, 6.45) is -1.83. The molecule has 2 aliphatic rings. The number of fused-ring (bicyclic) bond motifs is 1. The molecule has 216 valence electrons. The lowest BCUT2D eigenvalue weighted by Crippen LogP contribution is -2.66. The van der Waals surface area contributed by atoms with Gasteiger partial charge in [0.05, 0.1) is 29.0 Å². The van der Waals surface area contributed by atoms with Crippen molar-refractivity contribution in [3.8, 4) is 0 Å². The average molecular weight is 572 g/mol. The quantitative estimate of drug-likeness (QED) is 0.380. The number of hydrogen-bond acceptors (Lipinski definition) is 7. The van der Waals surface area contributed by atoms with E-state index in [9.17, 15) is 22.8 Å². The highest BCUT2D eigenvalue weighted by Gasteiger charge is 2.45. The van der Waals surface area contributed by atoms with Gasteiger partial charge in [0.25, 0.3) is 5.91 Å². The van der Waals surface area contributed by atoms with E-state index in [4.69, 9.17) is 20.4 Å². The SMILES string of the molecule is Nc1ccccc1NC(=O)c1ccc(N2CCN(C(=O)OCc3ccccc3)C3CCC32)nc1.O=C(O)C(F)(F)F. The van der Waals surface area contributed by atoms with Gasteiger partial charge in [0.2, 0.25) is 0 Å². The number of alkyl halides is 3. The number of carboxylic acid groups (broad SMARTS) is 1. The number of halogens is 3. The van der Waals surface area contributed by atoms with Gasteiger partial charge >= 0.3 is 18.2 Å². The lowest BCUT2D eigenvalue weighted by Gasteiger charge is -2.53. The highest BCUT2D eigenvalue weighted by Crippen LogP contribution is 2.36. The molecule has 0 bridgehead atoms. The number of aliphatic carboxylic acids is 1. The molecule has 1 aromatic heterocycles. The van der Waals surface area contributed by atoms with Crippen LogP contribution in [0.15, 0.2) is 72.9 Å². The number of piperazine rings is 1. The van der Waals surface area contributed by atoms with Gasteiger partial charge in [-0.2, -0.15) is 13.2 Å². The first-order valence-electron chi connectivity index (χ1n) is 12.7. The van der Waals surface area contributed by atoms with Crippen LogP contribution in [0.2, 0.25) is 0 Å². The molecular formula is C28H28F3N5O5. The number of ether oxygens (including phenoxy) is 1. The number of nitrogens with zero attached hydrogens (tertiary/aromatic N) is 3. The average Bonchev–Trinajstić information content (AvgIpc) is 2.93. The molecule has 1 saturated carbocycles. The van der Waals surface area contributed by atoms with Gasteiger partial charge in [0.1, 0.15) is 12.4 Å². The molecule has 0 spiro atoms. The van der Waals surface area contributed by atoms with Crippen molar-refractivity contribution >= 4 is 35.2 Å². The van der Waals surface area contributed by atoms with Crippen molar-refractivity contribution in [1.82, 2.24) is 9.88 Å². The molecule has 2 amide bonds. The van der Waals surface area contributed by atoms with Gasteiger partial charge < -0.3 is 30.7 Å². The summed E-state index contributed by atoms with van der Waals surface area (Å²) < 4.78 is 37.3. The summed E-state index contributed by atoms with van der Waals surface area (Å²) >= 11 is 0. The number of carbonyl (C=O) groups excluding carboxylic acids is 2. The molecule has 2 aromatic carbocycles. The van der Waals surface area contributed by atoms with E-state index in [1.807, 2.05) is 53.4 Å². The number of carbonyl (C=O) groups is 3. The zero-order valence-corrected chi connectivity index (χ0v) is 21.8. The lowest BCUT2D eigenvalue weighted by atomic mass is 9.82. The van der Waals surface area contributed by atoms with Gasteiger partial charge in [0, 0.05) is 19.3 Å². The van der Waals surface area contributed by atoms with Crippen LogP contribution in [0, 0.1) is 0 Å². The first kappa shape index (κ1) is 29.2. The van der Waals surface area contributed by atoms with Gasteiger partial charge in [-0.25, -0.2) is 14.6 Å². The molecule has 2 fully saturated rings. The Morgan fingerprint density at radius 3 is 2.22 bits per heavy atom. The zero-order valence-electron chi connectivity index (χ0n) is 21.8. The van der Waals surface area contributed by atoms with Crippen LogP contribution in [0.1, 0.15) is 28.8 Å². The summed E-state index contributed by atoms with van der Waals surface area (Å²) in [7, 11) is 0. The van der Waals surface area contributed by atoms with E-state index in [0.29, 0.717) is 30.0 Å². The Morgan fingerprint density at radius 2 is 1.63 bits per heavy atom. The van der Waals surface area contributed by atoms with Crippen LogP contribution < -0.4 is 16.0 Å². The molecule has 4 N–H and O–H groups in total. The Hall–Kier alpha value is -4.81. The van der Waals surface area contributed by atoms with Crippen molar-refractivity contribution in [1.29, 1.82) is 0 Å². The highest BCUT2D eigenvalue weighted by atomic mass is 19.4. The minimum atomic E-state index is -5.08. The third-order valence-corrected chi connectivity index (χ3v) is 6.78. The topological polar surface area (TPSA) is 138 Å². The molecule has 0 radical (unpaired) electrons. The van der Waals surface area contributed by atoms with Gasteiger partial charge in [-0.05, 0) is 42.7 Å². The number of hydrogen-bond donors (Lipinski definition) is 3. The fourth-order valence-corrected chi connectivity index (χ4v) is 4.55. The number of nitrogens with one attached hydrogen (secondary N) is 1. The van der Waals surface area contributed by atoms with Crippen LogP contribution in [0.5, 0.6) is 0 Å². The maximum absolute atomic E-state index is 12.7. The Morgan fingerprint density at radius 1 is 0.976 bits per heavy atom. The molecular weight excluding hydrogens is 543 g/mol. The van der Waals surface area contributed by atoms with E-state index in [2.05, 4.69) is 15.2 Å². The van der Waals surface area contributed by atoms with Crippen molar-refractivity contribution in [2.75, 3.05) is 29.0 Å². The minimum absolute atomic E-state index is 0.114. The molecule has 1 aliphatic heterocycles. The number of para-hydroxylation sites is 2. The second kappa shape index (κ2) is 12.6. The van der Waals surface area contributed by atoms with Crippen LogP contribution in [0.4, 0.5) is 35.2 Å². The first-order valence-corrected chi connectivity index (χ1v) is 12.7. The number of pyridine rings is 1. The van der Waals surface area contributed by atoms with Gasteiger partial charge in [0.15, 0.2) is 0 Å². The van der Waals surface area contributed by atoms with Crippen molar-refractivity contribution in [3.05, 3.63) is 84.1 Å². The summed E-state index contributed by atoms with van der Waals surface area (Å²) in [5.74, 6) is -2.21. The molecule has 2 heterocycles. The Labute approximate surface area is 233 Å². The fraction of sp³-hybridized carbons (Fsp3) is 0.286. The van der Waals surface area contributed by atoms with E-state index < -0.39 is 12.1 Å². The van der Waals surface area contributed by atoms with Crippen molar-refractivity contribution in [3.63, 3.8) is 0 Å². The number of carboxylic acids is 1. The normalized spacial score (nSPS) is 17.7. The lowest BCUT2D eigenvalue weighted by molar-refractivity contribution is -0.192. The largest absolute Gasteiger partial charge is 0.490 e. The summed E-state index contributed by atoms with van der Waals surface area (Å²) in [5.41, 5.74) is 8.43.